The number of thiocarbonyl (C=S) groups is 1. The van der Waals surface area contributed by atoms with Gasteiger partial charge in [-0.1, -0.05) is 12.1 Å². The minimum atomic E-state index is -0.608. The molecule has 0 spiro atoms. The van der Waals surface area contributed by atoms with Gasteiger partial charge in [0.15, 0.2) is 5.11 Å². The van der Waals surface area contributed by atoms with Crippen molar-refractivity contribution in [3.63, 3.8) is 0 Å². The summed E-state index contributed by atoms with van der Waals surface area (Å²) in [6, 6.07) is 12.6. The summed E-state index contributed by atoms with van der Waals surface area (Å²) in [5.74, 6) is -0.608. The normalized spacial score (nSPS) is 10.4. The van der Waals surface area contributed by atoms with Crippen LogP contribution in [0, 0.1) is 0 Å². The van der Waals surface area contributed by atoms with E-state index >= 15 is 0 Å². The highest BCUT2D eigenvalue weighted by Gasteiger charge is 2.04. The third-order valence-corrected chi connectivity index (χ3v) is 3.18. The summed E-state index contributed by atoms with van der Waals surface area (Å²) in [6.07, 6.45) is 1.45. The van der Waals surface area contributed by atoms with E-state index in [4.69, 9.17) is 27.8 Å². The first-order valence-corrected chi connectivity index (χ1v) is 7.33. The predicted octanol–water partition coefficient (Wildman–Crippen LogP) is 1.71. The number of carbonyl (C=O) groups is 1. The van der Waals surface area contributed by atoms with Gasteiger partial charge >= 0.3 is 0 Å². The van der Waals surface area contributed by atoms with Gasteiger partial charge in [-0.15, -0.1) is 5.23 Å². The Hall–Kier alpha value is -3.05. The Morgan fingerprint density at radius 1 is 1.16 bits per heavy atom. The highest BCUT2D eigenvalue weighted by Crippen LogP contribution is 2.11. The molecule has 2 aromatic rings. The lowest BCUT2D eigenvalue weighted by molar-refractivity contribution is 0.0291. The van der Waals surface area contributed by atoms with Gasteiger partial charge in [-0.2, -0.15) is 5.10 Å². The summed E-state index contributed by atoms with van der Waals surface area (Å²) in [6.45, 7) is 0. The van der Waals surface area contributed by atoms with Crippen LogP contribution in [0.5, 0.6) is 0 Å². The molecule has 6 N–H and O–H groups in total. The van der Waals surface area contributed by atoms with E-state index in [1.54, 1.807) is 29.7 Å². The summed E-state index contributed by atoms with van der Waals surface area (Å²) in [5.41, 5.74) is 5.89. The van der Waals surface area contributed by atoms with E-state index in [2.05, 4.69) is 15.8 Å². The molecule has 0 bridgehead atoms. The molecule has 0 aromatic heterocycles. The number of hydrazone groups is 1. The number of amides is 1. The second-order valence-corrected chi connectivity index (χ2v) is 5.14. The van der Waals surface area contributed by atoms with Crippen LogP contribution in [0.2, 0.25) is 0 Å². The van der Waals surface area contributed by atoms with Crippen molar-refractivity contribution < 1.29 is 20.4 Å². The lowest BCUT2D eigenvalue weighted by Gasteiger charge is -2.08. The first-order valence-electron chi connectivity index (χ1n) is 6.92. The minimum Gasteiger partial charge on any atom is -0.331 e. The fraction of sp³-hybridized carbons (Fsp3) is 0. The summed E-state index contributed by atoms with van der Waals surface area (Å²) in [5, 5.41) is 33.5. The van der Waals surface area contributed by atoms with E-state index in [1.165, 1.54) is 30.5 Å². The van der Waals surface area contributed by atoms with Gasteiger partial charge in [-0.3, -0.25) is 25.8 Å². The van der Waals surface area contributed by atoms with Gasteiger partial charge in [0.05, 0.1) is 11.9 Å². The van der Waals surface area contributed by atoms with E-state index < -0.39 is 5.91 Å². The molecule has 0 unspecified atom stereocenters. The van der Waals surface area contributed by atoms with Crippen molar-refractivity contribution >= 4 is 40.8 Å². The Labute approximate surface area is 148 Å². The Balaban J connectivity index is 1.90. The molecular weight excluding hydrogens is 346 g/mol. The SMILES string of the molecule is O=C(NO)c1ccc(NC(=S)N/N=C/c2cccc(N(O)O)c2)cc1. The van der Waals surface area contributed by atoms with Crippen LogP contribution in [0.4, 0.5) is 11.4 Å². The largest absolute Gasteiger partial charge is 0.331 e. The molecular formula is C15H15N5O4S. The highest BCUT2D eigenvalue weighted by atomic mass is 32.1. The van der Waals surface area contributed by atoms with Crippen LogP contribution in [0.3, 0.4) is 0 Å². The average molecular weight is 361 g/mol. The first-order chi connectivity index (χ1) is 12.0. The molecule has 0 aliphatic rings. The van der Waals surface area contributed by atoms with E-state index in [9.17, 15) is 4.79 Å². The van der Waals surface area contributed by atoms with Crippen molar-refractivity contribution in [2.45, 2.75) is 0 Å². The van der Waals surface area contributed by atoms with Crippen LogP contribution in [0.25, 0.3) is 0 Å². The number of carbonyl (C=O) groups excluding carboxylic acids is 1. The summed E-state index contributed by atoms with van der Waals surface area (Å²) >= 11 is 5.08. The van der Waals surface area contributed by atoms with Crippen molar-refractivity contribution in [3.05, 3.63) is 59.7 Å². The van der Waals surface area contributed by atoms with Crippen molar-refractivity contribution in [2.75, 3.05) is 10.5 Å². The zero-order valence-electron chi connectivity index (χ0n) is 12.7. The van der Waals surface area contributed by atoms with E-state index in [1.807, 2.05) is 0 Å². The average Bonchev–Trinajstić information content (AvgIpc) is 2.62. The number of anilines is 2. The van der Waals surface area contributed by atoms with E-state index in [-0.39, 0.29) is 16.0 Å². The van der Waals surface area contributed by atoms with Gasteiger partial charge in [-0.05, 0) is 54.2 Å². The molecule has 9 nitrogen and oxygen atoms in total. The number of nitrogens with one attached hydrogen (secondary N) is 3. The third kappa shape index (κ3) is 5.51. The molecule has 0 aliphatic carbocycles. The Kier molecular flexibility index (Phi) is 6.37. The van der Waals surface area contributed by atoms with Crippen LogP contribution >= 0.6 is 12.2 Å². The number of benzene rings is 2. The first kappa shape index (κ1) is 18.3. The summed E-state index contributed by atoms with van der Waals surface area (Å²) < 4.78 is 0. The summed E-state index contributed by atoms with van der Waals surface area (Å²) in [7, 11) is 0. The van der Waals surface area contributed by atoms with E-state index in [0.29, 0.717) is 16.8 Å². The quantitative estimate of drug-likeness (QED) is 0.205. The molecule has 25 heavy (non-hydrogen) atoms. The fourth-order valence-electron chi connectivity index (χ4n) is 1.82. The molecule has 0 saturated carbocycles. The van der Waals surface area contributed by atoms with Gasteiger partial charge in [0.2, 0.25) is 0 Å². The lowest BCUT2D eigenvalue weighted by Crippen LogP contribution is -2.24. The topological polar surface area (TPSA) is 129 Å². The molecule has 0 atom stereocenters. The van der Waals surface area contributed by atoms with Gasteiger partial charge in [0.25, 0.3) is 5.91 Å². The van der Waals surface area contributed by atoms with Crippen molar-refractivity contribution in [1.29, 1.82) is 0 Å². The van der Waals surface area contributed by atoms with Gasteiger partial charge in [0, 0.05) is 11.3 Å². The number of hydroxylamine groups is 1. The number of rotatable bonds is 5. The van der Waals surface area contributed by atoms with Crippen LogP contribution in [0.15, 0.2) is 53.6 Å². The second kappa shape index (κ2) is 8.70. The summed E-state index contributed by atoms with van der Waals surface area (Å²) in [4.78, 5) is 11.2. The maximum atomic E-state index is 11.2. The number of hydrogen-bond acceptors (Lipinski definition) is 7. The number of hydrogen-bond donors (Lipinski definition) is 6. The zero-order valence-corrected chi connectivity index (χ0v) is 13.6. The molecule has 0 saturated heterocycles. The Bertz CT molecular complexity index is 780. The lowest BCUT2D eigenvalue weighted by atomic mass is 10.2. The smallest absolute Gasteiger partial charge is 0.274 e. The van der Waals surface area contributed by atoms with Crippen LogP contribution < -0.4 is 21.4 Å². The molecule has 0 fully saturated rings. The van der Waals surface area contributed by atoms with Gasteiger partial charge < -0.3 is 5.32 Å². The van der Waals surface area contributed by atoms with Gasteiger partial charge in [0.1, 0.15) is 0 Å². The molecule has 2 aromatic carbocycles. The van der Waals surface area contributed by atoms with Crippen molar-refractivity contribution in [3.8, 4) is 0 Å². The molecule has 0 heterocycles. The molecule has 0 aliphatic heterocycles. The standard InChI is InChI=1S/C15H15N5O4S/c21-14(19-22)11-4-6-12(7-5-11)17-15(25)18-16-9-10-2-1-3-13(8-10)20(23)24/h1-9,22-24H,(H,19,21)(H2,17,18,25)/b16-9+. The number of nitrogens with zero attached hydrogens (tertiary/aromatic N) is 2. The third-order valence-electron chi connectivity index (χ3n) is 2.99. The van der Waals surface area contributed by atoms with Crippen molar-refractivity contribution in [2.24, 2.45) is 5.10 Å². The molecule has 1 amide bonds. The minimum absolute atomic E-state index is 0.0116. The Morgan fingerprint density at radius 2 is 1.88 bits per heavy atom. The fourth-order valence-corrected chi connectivity index (χ4v) is 1.99. The highest BCUT2D eigenvalue weighted by molar-refractivity contribution is 7.80. The Morgan fingerprint density at radius 3 is 2.52 bits per heavy atom. The van der Waals surface area contributed by atoms with Gasteiger partial charge in [-0.25, -0.2) is 5.48 Å². The molecule has 10 heteroatoms. The molecule has 0 radical (unpaired) electrons. The molecule has 130 valence electrons. The molecule has 2 rings (SSSR count). The van der Waals surface area contributed by atoms with Crippen LogP contribution in [-0.2, 0) is 0 Å². The zero-order chi connectivity index (χ0) is 18.2. The van der Waals surface area contributed by atoms with E-state index in [0.717, 1.165) is 0 Å². The predicted molar refractivity (Wildman–Crippen MR) is 95.1 cm³/mol. The maximum Gasteiger partial charge on any atom is 0.274 e. The second-order valence-electron chi connectivity index (χ2n) is 4.73. The monoisotopic (exact) mass is 361 g/mol. The van der Waals surface area contributed by atoms with Crippen molar-refractivity contribution in [1.82, 2.24) is 10.9 Å². The van der Waals surface area contributed by atoms with Crippen LogP contribution in [0.1, 0.15) is 15.9 Å². The van der Waals surface area contributed by atoms with Crippen LogP contribution in [-0.4, -0.2) is 32.9 Å². The maximum absolute atomic E-state index is 11.2.